The smallest absolute Gasteiger partial charge is 0.383 e. The summed E-state index contributed by atoms with van der Waals surface area (Å²) in [5.74, 6) is 0. The Labute approximate surface area is 236 Å². The molecule has 0 bridgehead atoms. The van der Waals surface area contributed by atoms with Crippen molar-refractivity contribution in [2.24, 2.45) is 0 Å². The minimum atomic E-state index is -4.48. The number of urea groups is 1. The van der Waals surface area contributed by atoms with E-state index in [2.05, 4.69) is 32.8 Å². The number of hydrogen-bond acceptors (Lipinski definition) is 6. The monoisotopic (exact) mass is 570 g/mol. The number of pyridine rings is 1. The van der Waals surface area contributed by atoms with Gasteiger partial charge in [-0.1, -0.05) is 42.5 Å². The molecule has 4 aromatic rings. The first-order valence-corrected chi connectivity index (χ1v) is 13.1. The van der Waals surface area contributed by atoms with Gasteiger partial charge in [0.25, 0.3) is 0 Å². The highest BCUT2D eigenvalue weighted by atomic mass is 19.4. The summed E-state index contributed by atoms with van der Waals surface area (Å²) in [6.07, 6.45) is -0.894. The van der Waals surface area contributed by atoms with Crippen molar-refractivity contribution in [3.8, 4) is 11.3 Å². The fourth-order valence-corrected chi connectivity index (χ4v) is 4.17. The van der Waals surface area contributed by atoms with Crippen molar-refractivity contribution < 1.29 is 27.5 Å². The maximum absolute atomic E-state index is 12.3. The molecule has 9 nitrogen and oxygen atoms in total. The number of hydroxylamine groups is 1. The van der Waals surface area contributed by atoms with Gasteiger partial charge in [0.2, 0.25) is 0 Å². The lowest BCUT2D eigenvalue weighted by atomic mass is 10.1. The number of nitrogens with zero attached hydrogens (tertiary/aromatic N) is 3. The summed E-state index contributed by atoms with van der Waals surface area (Å²) < 4.78 is 44.2. The second-order valence-corrected chi connectivity index (χ2v) is 9.33. The lowest BCUT2D eigenvalue weighted by molar-refractivity contribution is -0.122. The van der Waals surface area contributed by atoms with Crippen LogP contribution < -0.4 is 16.1 Å². The van der Waals surface area contributed by atoms with Crippen molar-refractivity contribution in [3.05, 3.63) is 90.3 Å². The quantitative estimate of drug-likeness (QED) is 0.148. The van der Waals surface area contributed by atoms with Crippen LogP contribution in [-0.2, 0) is 22.7 Å². The molecule has 0 aliphatic rings. The molecule has 0 aliphatic carbocycles. The van der Waals surface area contributed by atoms with Crippen molar-refractivity contribution in [3.63, 3.8) is 0 Å². The van der Waals surface area contributed by atoms with Crippen LogP contribution in [-0.4, -0.2) is 66.4 Å². The van der Waals surface area contributed by atoms with Gasteiger partial charge in [-0.05, 0) is 35.4 Å². The Morgan fingerprint density at radius 3 is 2.59 bits per heavy atom. The number of amides is 2. The summed E-state index contributed by atoms with van der Waals surface area (Å²) in [4.78, 5) is 24.3. The molecule has 41 heavy (non-hydrogen) atoms. The van der Waals surface area contributed by atoms with E-state index in [1.807, 2.05) is 47.0 Å². The van der Waals surface area contributed by atoms with Gasteiger partial charge in [-0.2, -0.15) is 18.7 Å². The van der Waals surface area contributed by atoms with E-state index in [1.54, 1.807) is 36.8 Å². The zero-order valence-corrected chi connectivity index (χ0v) is 22.7. The molecule has 0 unspecified atom stereocenters. The van der Waals surface area contributed by atoms with Gasteiger partial charge in [-0.15, -0.1) is 0 Å². The predicted molar refractivity (Wildman–Crippen MR) is 150 cm³/mol. The van der Waals surface area contributed by atoms with E-state index in [0.717, 1.165) is 36.5 Å². The van der Waals surface area contributed by atoms with Gasteiger partial charge in [-0.3, -0.25) is 9.30 Å². The number of fused-ring (bicyclic) bond motifs is 1. The highest BCUT2D eigenvalue weighted by Crippen LogP contribution is 2.24. The first kappa shape index (κ1) is 30.0. The average Bonchev–Trinajstić information content (AvgIpc) is 3.38. The Morgan fingerprint density at radius 1 is 1.00 bits per heavy atom. The summed E-state index contributed by atoms with van der Waals surface area (Å²) in [5.41, 5.74) is 7.82. The van der Waals surface area contributed by atoms with E-state index in [0.29, 0.717) is 31.1 Å². The van der Waals surface area contributed by atoms with Crippen LogP contribution in [0.2, 0.25) is 0 Å². The Kier molecular flexibility index (Phi) is 10.7. The number of ether oxygens (including phenoxy) is 1. The number of carbonyl (C=O) groups excluding carboxylic acids is 1. The third-order valence-corrected chi connectivity index (χ3v) is 6.19. The van der Waals surface area contributed by atoms with Gasteiger partial charge in [0.05, 0.1) is 25.1 Å². The number of methoxy groups -OCH3 is 1. The molecule has 12 heteroatoms. The standard InChI is InChI=1S/C29H33F3N6O3/c1-40-14-12-37(20-22-6-3-2-4-7-22)13-15-41-35-18-23-10-11-38-26(19-33-27(38)16-23)24-8-5-9-25(17-24)36-28(39)34-21-29(30,31)32/h2-11,16-17,19,35H,12-15,18,20-21H2,1H3,(H2,34,36,39). The van der Waals surface area contributed by atoms with E-state index in [1.165, 1.54) is 5.56 Å². The molecule has 2 aromatic heterocycles. The molecule has 3 N–H and O–H groups in total. The first-order chi connectivity index (χ1) is 19.8. The number of rotatable bonds is 14. The highest BCUT2D eigenvalue weighted by Gasteiger charge is 2.27. The number of hydrogen-bond donors (Lipinski definition) is 3. The Bertz CT molecular complexity index is 1400. The molecule has 0 radical (unpaired) electrons. The molecular formula is C29H33F3N6O3. The van der Waals surface area contributed by atoms with E-state index in [4.69, 9.17) is 9.57 Å². The van der Waals surface area contributed by atoms with Crippen molar-refractivity contribution >= 4 is 17.4 Å². The second-order valence-electron chi connectivity index (χ2n) is 9.33. The Balaban J connectivity index is 1.29. The van der Waals surface area contributed by atoms with Crippen molar-refractivity contribution in [1.82, 2.24) is 25.1 Å². The number of imidazole rings is 1. The number of carbonyl (C=O) groups is 1. The number of aromatic nitrogens is 2. The predicted octanol–water partition coefficient (Wildman–Crippen LogP) is 4.85. The molecule has 218 valence electrons. The topological polar surface area (TPSA) is 92.2 Å². The van der Waals surface area contributed by atoms with Gasteiger partial charge >= 0.3 is 12.2 Å². The lowest BCUT2D eigenvalue weighted by Gasteiger charge is -2.22. The summed E-state index contributed by atoms with van der Waals surface area (Å²) >= 11 is 0. The molecule has 2 amide bonds. The highest BCUT2D eigenvalue weighted by molar-refractivity contribution is 5.90. The Hall–Kier alpha value is -3.97. The van der Waals surface area contributed by atoms with E-state index < -0.39 is 18.8 Å². The minimum absolute atomic E-state index is 0.361. The molecule has 0 fully saturated rings. The number of benzene rings is 2. The van der Waals surface area contributed by atoms with E-state index >= 15 is 0 Å². The van der Waals surface area contributed by atoms with Crippen LogP contribution in [0.5, 0.6) is 0 Å². The largest absolute Gasteiger partial charge is 0.405 e. The van der Waals surface area contributed by atoms with Gasteiger partial charge in [0.1, 0.15) is 12.2 Å². The molecular weight excluding hydrogens is 537 g/mol. The summed E-state index contributed by atoms with van der Waals surface area (Å²) in [6.45, 7) is 2.59. The summed E-state index contributed by atoms with van der Waals surface area (Å²) in [5, 5.41) is 4.22. The number of alkyl halides is 3. The molecule has 4 rings (SSSR count). The van der Waals surface area contributed by atoms with Crippen LogP contribution in [0.3, 0.4) is 0 Å². The fraction of sp³-hybridized carbons (Fsp3) is 0.310. The maximum atomic E-state index is 12.3. The molecule has 0 saturated heterocycles. The summed E-state index contributed by atoms with van der Waals surface area (Å²) in [7, 11) is 1.69. The fourth-order valence-electron chi connectivity index (χ4n) is 4.17. The average molecular weight is 571 g/mol. The molecule has 0 saturated carbocycles. The number of halogens is 3. The van der Waals surface area contributed by atoms with Crippen molar-refractivity contribution in [1.29, 1.82) is 0 Å². The van der Waals surface area contributed by atoms with Crippen LogP contribution in [0.25, 0.3) is 16.9 Å². The number of anilines is 1. The van der Waals surface area contributed by atoms with E-state index in [-0.39, 0.29) is 0 Å². The van der Waals surface area contributed by atoms with Crippen LogP contribution in [0.1, 0.15) is 11.1 Å². The minimum Gasteiger partial charge on any atom is -0.383 e. The van der Waals surface area contributed by atoms with Gasteiger partial charge < -0.3 is 20.2 Å². The molecule has 0 spiro atoms. The SMILES string of the molecule is COCCN(CCONCc1ccn2c(-c3cccc(NC(=O)NCC(F)(F)F)c3)cnc2c1)Cc1ccccc1. The molecule has 2 aromatic carbocycles. The van der Waals surface area contributed by atoms with Crippen molar-refractivity contribution in [2.75, 3.05) is 45.3 Å². The normalized spacial score (nSPS) is 11.7. The lowest BCUT2D eigenvalue weighted by Crippen LogP contribution is -2.36. The van der Waals surface area contributed by atoms with Crippen LogP contribution >= 0.6 is 0 Å². The van der Waals surface area contributed by atoms with E-state index in [9.17, 15) is 18.0 Å². The zero-order chi connectivity index (χ0) is 29.1. The summed E-state index contributed by atoms with van der Waals surface area (Å²) in [6, 6.07) is 20.0. The molecule has 0 atom stereocenters. The van der Waals surface area contributed by atoms with Crippen molar-refractivity contribution in [2.45, 2.75) is 19.3 Å². The van der Waals surface area contributed by atoms with Gasteiger partial charge in [0.15, 0.2) is 0 Å². The zero-order valence-electron chi connectivity index (χ0n) is 22.7. The third-order valence-electron chi connectivity index (χ3n) is 6.19. The molecule has 2 heterocycles. The Morgan fingerprint density at radius 2 is 1.80 bits per heavy atom. The third kappa shape index (κ3) is 9.57. The van der Waals surface area contributed by atoms with Gasteiger partial charge in [0, 0.05) is 50.7 Å². The maximum Gasteiger partial charge on any atom is 0.405 e. The van der Waals surface area contributed by atoms with Gasteiger partial charge in [-0.25, -0.2) is 9.78 Å². The second kappa shape index (κ2) is 14.6. The van der Waals surface area contributed by atoms with Crippen LogP contribution in [0.15, 0.2) is 79.1 Å². The number of nitrogens with one attached hydrogen (secondary N) is 3. The molecule has 0 aliphatic heterocycles. The van der Waals surface area contributed by atoms with Crippen LogP contribution in [0, 0.1) is 0 Å². The van der Waals surface area contributed by atoms with Crippen LogP contribution in [0.4, 0.5) is 23.7 Å². The first-order valence-electron chi connectivity index (χ1n) is 13.1.